The number of hydrogen-bond acceptors (Lipinski definition) is 5. The first-order valence-electron chi connectivity index (χ1n) is 10.8. The number of carbonyl (C=O) groups excluding carboxylic acids is 2. The Balaban J connectivity index is 1.58. The molecule has 1 fully saturated rings. The summed E-state index contributed by atoms with van der Waals surface area (Å²) in [5.74, 6) is -0.669. The van der Waals surface area contributed by atoms with Crippen LogP contribution in [0, 0.1) is 0 Å². The molecule has 0 bridgehead atoms. The third-order valence-corrected chi connectivity index (χ3v) is 5.86. The van der Waals surface area contributed by atoms with Gasteiger partial charge in [0.25, 0.3) is 5.91 Å². The molecule has 0 radical (unpaired) electrons. The van der Waals surface area contributed by atoms with Crippen LogP contribution in [0.1, 0.15) is 65.3 Å². The predicted octanol–water partition coefficient (Wildman–Crippen LogP) is 3.22. The minimum atomic E-state index is -0.471. The van der Waals surface area contributed by atoms with Gasteiger partial charge in [-0.3, -0.25) is 9.59 Å². The van der Waals surface area contributed by atoms with Gasteiger partial charge in [0, 0.05) is 30.9 Å². The van der Waals surface area contributed by atoms with E-state index in [4.69, 9.17) is 5.73 Å². The van der Waals surface area contributed by atoms with Crippen LogP contribution < -0.4 is 16.4 Å². The highest BCUT2D eigenvalue weighted by Crippen LogP contribution is 2.30. The molecular formula is C23H28N6O2. The molecule has 0 saturated heterocycles. The second kappa shape index (κ2) is 9.16. The predicted molar refractivity (Wildman–Crippen MR) is 120 cm³/mol. The first-order chi connectivity index (χ1) is 15.1. The summed E-state index contributed by atoms with van der Waals surface area (Å²) in [6.07, 6.45) is 9.27. The van der Waals surface area contributed by atoms with Crippen molar-refractivity contribution in [3.8, 4) is 0 Å². The molecule has 2 amide bonds. The Morgan fingerprint density at radius 2 is 1.87 bits per heavy atom. The molecule has 0 atom stereocenters. The topological polar surface area (TPSA) is 115 Å². The van der Waals surface area contributed by atoms with Gasteiger partial charge in [-0.2, -0.15) is 5.10 Å². The number of anilines is 1. The highest BCUT2D eigenvalue weighted by molar-refractivity contribution is 6.06. The lowest BCUT2D eigenvalue weighted by Gasteiger charge is -2.25. The van der Waals surface area contributed by atoms with Crippen LogP contribution in [0.15, 0.2) is 36.7 Å². The Morgan fingerprint density at radius 3 is 2.55 bits per heavy atom. The van der Waals surface area contributed by atoms with Crippen molar-refractivity contribution < 1.29 is 9.59 Å². The van der Waals surface area contributed by atoms with E-state index in [1.54, 1.807) is 36.7 Å². The van der Waals surface area contributed by atoms with Gasteiger partial charge >= 0.3 is 0 Å². The molecule has 4 rings (SSSR count). The van der Waals surface area contributed by atoms with Gasteiger partial charge in [0.2, 0.25) is 5.91 Å². The number of nitrogens with zero attached hydrogens (tertiary/aromatic N) is 3. The number of carbonyl (C=O) groups is 2. The van der Waals surface area contributed by atoms with Crippen molar-refractivity contribution in [1.82, 2.24) is 20.1 Å². The van der Waals surface area contributed by atoms with E-state index in [9.17, 15) is 9.59 Å². The Labute approximate surface area is 181 Å². The zero-order valence-corrected chi connectivity index (χ0v) is 17.7. The molecule has 31 heavy (non-hydrogen) atoms. The van der Waals surface area contributed by atoms with Crippen LogP contribution in [0.25, 0.3) is 11.0 Å². The molecular weight excluding hydrogens is 392 g/mol. The maximum atomic E-state index is 13.1. The second-order valence-electron chi connectivity index (χ2n) is 7.97. The van der Waals surface area contributed by atoms with E-state index in [0.717, 1.165) is 35.1 Å². The van der Waals surface area contributed by atoms with E-state index in [1.165, 1.54) is 19.3 Å². The molecule has 1 aromatic carbocycles. The van der Waals surface area contributed by atoms with E-state index in [-0.39, 0.29) is 5.91 Å². The van der Waals surface area contributed by atoms with Crippen LogP contribution >= 0.6 is 0 Å². The molecule has 1 saturated carbocycles. The van der Waals surface area contributed by atoms with Crippen molar-refractivity contribution in [1.29, 1.82) is 0 Å². The summed E-state index contributed by atoms with van der Waals surface area (Å²) >= 11 is 0. The van der Waals surface area contributed by atoms with Gasteiger partial charge in [-0.25, -0.2) is 9.67 Å². The summed E-state index contributed by atoms with van der Waals surface area (Å²) in [6.45, 7) is 3.08. The van der Waals surface area contributed by atoms with Crippen LogP contribution in [0.5, 0.6) is 0 Å². The molecule has 1 aliphatic carbocycles. The molecule has 2 heterocycles. The van der Waals surface area contributed by atoms with Crippen LogP contribution in [0.2, 0.25) is 0 Å². The first-order valence-corrected chi connectivity index (χ1v) is 10.8. The number of nitrogens with one attached hydrogen (secondary N) is 2. The first kappa shape index (κ1) is 20.8. The van der Waals surface area contributed by atoms with Crippen molar-refractivity contribution in [2.45, 2.75) is 58.2 Å². The van der Waals surface area contributed by atoms with E-state index < -0.39 is 5.91 Å². The Kier molecular flexibility index (Phi) is 6.16. The number of hydrogen-bond donors (Lipinski definition) is 3. The summed E-state index contributed by atoms with van der Waals surface area (Å²) in [7, 11) is 0. The average molecular weight is 421 g/mol. The molecule has 162 valence electrons. The summed E-state index contributed by atoms with van der Waals surface area (Å²) in [4.78, 5) is 28.8. The van der Waals surface area contributed by atoms with Crippen molar-refractivity contribution in [2.75, 3.05) is 5.32 Å². The van der Waals surface area contributed by atoms with E-state index in [1.807, 2.05) is 11.6 Å². The largest absolute Gasteiger partial charge is 0.381 e. The number of aryl methyl sites for hydroxylation is 1. The quantitative estimate of drug-likeness (QED) is 0.543. The fraction of sp³-hybridized carbons (Fsp3) is 0.391. The van der Waals surface area contributed by atoms with Crippen molar-refractivity contribution in [3.05, 3.63) is 53.3 Å². The summed E-state index contributed by atoms with van der Waals surface area (Å²) < 4.78 is 1.84. The second-order valence-corrected chi connectivity index (χ2v) is 7.97. The fourth-order valence-corrected chi connectivity index (χ4v) is 4.10. The Hall–Kier alpha value is -3.42. The molecule has 8 nitrogen and oxygen atoms in total. The van der Waals surface area contributed by atoms with Gasteiger partial charge in [-0.15, -0.1) is 0 Å². The van der Waals surface area contributed by atoms with Gasteiger partial charge in [0.1, 0.15) is 0 Å². The highest BCUT2D eigenvalue weighted by atomic mass is 16.2. The monoisotopic (exact) mass is 420 g/mol. The SMILES string of the molecule is CCn1ncc2c(NC3CCCCC3)c(C(=O)NCc3ccc(C(N)=O)cc3)cnc21. The van der Waals surface area contributed by atoms with E-state index in [2.05, 4.69) is 20.7 Å². The van der Waals surface area contributed by atoms with Crippen LogP contribution in [-0.4, -0.2) is 32.6 Å². The fourth-order valence-electron chi connectivity index (χ4n) is 4.10. The van der Waals surface area contributed by atoms with Gasteiger partial charge < -0.3 is 16.4 Å². The molecule has 0 aliphatic heterocycles. The lowest BCUT2D eigenvalue weighted by atomic mass is 9.95. The third-order valence-electron chi connectivity index (χ3n) is 5.86. The van der Waals surface area contributed by atoms with E-state index >= 15 is 0 Å². The number of fused-ring (bicyclic) bond motifs is 1. The molecule has 4 N–H and O–H groups in total. The van der Waals surface area contributed by atoms with Crippen LogP contribution in [0.3, 0.4) is 0 Å². The molecule has 0 spiro atoms. The molecule has 2 aromatic heterocycles. The van der Waals surface area contributed by atoms with Gasteiger partial charge in [0.05, 0.1) is 22.8 Å². The van der Waals surface area contributed by atoms with Gasteiger partial charge in [0.15, 0.2) is 5.65 Å². The van der Waals surface area contributed by atoms with Crippen LogP contribution in [0.4, 0.5) is 5.69 Å². The minimum Gasteiger partial charge on any atom is -0.381 e. The highest BCUT2D eigenvalue weighted by Gasteiger charge is 2.21. The number of nitrogens with two attached hydrogens (primary N) is 1. The van der Waals surface area contributed by atoms with Gasteiger partial charge in [-0.1, -0.05) is 31.4 Å². The van der Waals surface area contributed by atoms with E-state index in [0.29, 0.717) is 30.3 Å². The lowest BCUT2D eigenvalue weighted by molar-refractivity contribution is 0.0949. The normalized spacial score (nSPS) is 14.5. The molecule has 1 aliphatic rings. The van der Waals surface area contributed by atoms with Gasteiger partial charge in [-0.05, 0) is 37.5 Å². The maximum Gasteiger partial charge on any atom is 0.255 e. The van der Waals surface area contributed by atoms with Crippen molar-refractivity contribution in [2.24, 2.45) is 5.73 Å². The summed E-state index contributed by atoms with van der Waals surface area (Å²) in [6, 6.07) is 7.24. The Morgan fingerprint density at radius 1 is 1.13 bits per heavy atom. The zero-order chi connectivity index (χ0) is 21.8. The smallest absolute Gasteiger partial charge is 0.255 e. The number of rotatable bonds is 7. The number of aromatic nitrogens is 3. The van der Waals surface area contributed by atoms with Crippen LogP contribution in [-0.2, 0) is 13.1 Å². The zero-order valence-electron chi connectivity index (χ0n) is 17.7. The third kappa shape index (κ3) is 4.52. The molecule has 3 aromatic rings. The number of pyridine rings is 1. The molecule has 0 unspecified atom stereocenters. The summed E-state index contributed by atoms with van der Waals surface area (Å²) in [5, 5.41) is 11.9. The number of benzene rings is 1. The number of amides is 2. The maximum absolute atomic E-state index is 13.1. The number of primary amides is 1. The van der Waals surface area contributed by atoms with Crippen molar-refractivity contribution in [3.63, 3.8) is 0 Å². The molecule has 8 heteroatoms. The summed E-state index contributed by atoms with van der Waals surface area (Å²) in [5.41, 5.74) is 8.70. The minimum absolute atomic E-state index is 0.198. The van der Waals surface area contributed by atoms with Crippen molar-refractivity contribution >= 4 is 28.5 Å². The standard InChI is InChI=1S/C23H28N6O2/c1-2-29-22-18(14-27-29)20(28-17-6-4-3-5-7-17)19(13-25-22)23(31)26-12-15-8-10-16(11-9-15)21(24)30/h8-11,13-14,17H,2-7,12H2,1H3,(H2,24,30)(H,25,28)(H,26,31). The lowest BCUT2D eigenvalue weighted by Crippen LogP contribution is -2.27. The Bertz CT molecular complexity index is 1080. The average Bonchev–Trinajstić information content (AvgIpc) is 3.22.